The van der Waals surface area contributed by atoms with E-state index in [2.05, 4.69) is 10.3 Å². The van der Waals surface area contributed by atoms with E-state index in [-0.39, 0.29) is 0 Å². The lowest BCUT2D eigenvalue weighted by molar-refractivity contribution is 1.24. The second kappa shape index (κ2) is 3.49. The molecule has 0 saturated carbocycles. The lowest BCUT2D eigenvalue weighted by Gasteiger charge is -2.04. The summed E-state index contributed by atoms with van der Waals surface area (Å²) in [7, 11) is 1.82. The van der Waals surface area contributed by atoms with Gasteiger partial charge in [-0.3, -0.25) is 0 Å². The van der Waals surface area contributed by atoms with E-state index in [4.69, 9.17) is 18.0 Å². The normalized spacial score (nSPS) is 9.50. The monoisotopic (exact) mass is 181 g/mol. The van der Waals surface area contributed by atoms with Gasteiger partial charge < -0.3 is 11.1 Å². The van der Waals surface area contributed by atoms with E-state index in [0.717, 1.165) is 16.9 Å². The van der Waals surface area contributed by atoms with E-state index in [0.29, 0.717) is 4.99 Å². The summed E-state index contributed by atoms with van der Waals surface area (Å²) in [4.78, 5) is 4.49. The van der Waals surface area contributed by atoms with Crippen molar-refractivity contribution in [1.29, 1.82) is 0 Å². The van der Waals surface area contributed by atoms with Crippen molar-refractivity contribution in [2.75, 3.05) is 12.4 Å². The first-order valence-electron chi connectivity index (χ1n) is 3.59. The lowest BCUT2D eigenvalue weighted by Crippen LogP contribution is -2.12. The van der Waals surface area contributed by atoms with Crippen LogP contribution in [0.2, 0.25) is 0 Å². The Balaban J connectivity index is 3.12. The molecule has 0 atom stereocenters. The van der Waals surface area contributed by atoms with Crippen LogP contribution >= 0.6 is 12.2 Å². The first kappa shape index (κ1) is 8.93. The standard InChI is InChI=1S/C8H11N3S/c1-5-3-7(10-2)11-4-6(5)8(9)12/h3-4H,1-2H3,(H2,9,12)(H,10,11). The van der Waals surface area contributed by atoms with E-state index in [1.807, 2.05) is 20.0 Å². The molecule has 1 aromatic rings. The van der Waals surface area contributed by atoms with Crippen molar-refractivity contribution in [3.8, 4) is 0 Å². The molecule has 0 amide bonds. The van der Waals surface area contributed by atoms with Gasteiger partial charge in [0.1, 0.15) is 10.8 Å². The van der Waals surface area contributed by atoms with E-state index in [1.165, 1.54) is 0 Å². The van der Waals surface area contributed by atoms with Gasteiger partial charge in [-0.1, -0.05) is 12.2 Å². The van der Waals surface area contributed by atoms with E-state index >= 15 is 0 Å². The number of rotatable bonds is 2. The summed E-state index contributed by atoms with van der Waals surface area (Å²) in [6.07, 6.45) is 1.68. The van der Waals surface area contributed by atoms with Crippen LogP contribution in [0.3, 0.4) is 0 Å². The second-order valence-corrected chi connectivity index (χ2v) is 2.94. The molecule has 0 aliphatic heterocycles. The van der Waals surface area contributed by atoms with Crippen molar-refractivity contribution in [3.05, 3.63) is 23.4 Å². The summed E-state index contributed by atoms with van der Waals surface area (Å²) in [5, 5.41) is 2.94. The summed E-state index contributed by atoms with van der Waals surface area (Å²) in [5.74, 6) is 0.826. The summed E-state index contributed by atoms with van der Waals surface area (Å²) in [6.45, 7) is 1.96. The van der Waals surface area contributed by atoms with Crippen LogP contribution in [0.25, 0.3) is 0 Å². The van der Waals surface area contributed by atoms with Crippen LogP contribution in [-0.2, 0) is 0 Å². The Bertz CT molecular complexity index is 309. The van der Waals surface area contributed by atoms with Gasteiger partial charge in [0.2, 0.25) is 0 Å². The van der Waals surface area contributed by atoms with Gasteiger partial charge >= 0.3 is 0 Å². The van der Waals surface area contributed by atoms with Crippen LogP contribution in [0, 0.1) is 6.92 Å². The number of nitrogens with zero attached hydrogens (tertiary/aromatic N) is 1. The Labute approximate surface area is 77.0 Å². The second-order valence-electron chi connectivity index (χ2n) is 2.50. The number of aryl methyl sites for hydroxylation is 1. The van der Waals surface area contributed by atoms with Crippen molar-refractivity contribution in [2.24, 2.45) is 5.73 Å². The predicted molar refractivity (Wildman–Crippen MR) is 54.4 cm³/mol. The maximum atomic E-state index is 5.48. The van der Waals surface area contributed by atoms with Gasteiger partial charge in [0.25, 0.3) is 0 Å². The minimum atomic E-state index is 0.391. The maximum Gasteiger partial charge on any atom is 0.125 e. The third-order valence-electron chi connectivity index (χ3n) is 1.63. The molecular formula is C8H11N3S. The molecule has 3 nitrogen and oxygen atoms in total. The zero-order valence-corrected chi connectivity index (χ0v) is 7.90. The highest BCUT2D eigenvalue weighted by Gasteiger charge is 2.01. The van der Waals surface area contributed by atoms with Crippen LogP contribution in [0.15, 0.2) is 12.3 Å². The molecule has 0 fully saturated rings. The zero-order valence-electron chi connectivity index (χ0n) is 7.09. The Hall–Kier alpha value is -1.16. The molecule has 0 spiro atoms. The number of thiocarbonyl (C=S) groups is 1. The van der Waals surface area contributed by atoms with Crippen molar-refractivity contribution >= 4 is 23.0 Å². The van der Waals surface area contributed by atoms with Crippen LogP contribution in [0.4, 0.5) is 5.82 Å². The quantitative estimate of drug-likeness (QED) is 0.670. The topological polar surface area (TPSA) is 50.9 Å². The summed E-state index contributed by atoms with van der Waals surface area (Å²) >= 11 is 4.85. The lowest BCUT2D eigenvalue weighted by atomic mass is 10.1. The number of pyridine rings is 1. The molecule has 1 heterocycles. The first-order valence-corrected chi connectivity index (χ1v) is 4.00. The van der Waals surface area contributed by atoms with Gasteiger partial charge in [-0.2, -0.15) is 0 Å². The number of hydrogen-bond donors (Lipinski definition) is 2. The summed E-state index contributed by atoms with van der Waals surface area (Å²) < 4.78 is 0. The largest absolute Gasteiger partial charge is 0.389 e. The van der Waals surface area contributed by atoms with Crippen molar-refractivity contribution in [3.63, 3.8) is 0 Å². The molecule has 4 heteroatoms. The average molecular weight is 181 g/mol. The minimum absolute atomic E-state index is 0.391. The molecule has 1 rings (SSSR count). The fourth-order valence-corrected chi connectivity index (χ4v) is 1.16. The molecule has 0 unspecified atom stereocenters. The zero-order chi connectivity index (χ0) is 9.14. The Morgan fingerprint density at radius 2 is 2.33 bits per heavy atom. The molecule has 0 aliphatic carbocycles. The van der Waals surface area contributed by atoms with Crippen molar-refractivity contribution < 1.29 is 0 Å². The number of nitrogens with one attached hydrogen (secondary N) is 1. The molecule has 64 valence electrons. The number of anilines is 1. The van der Waals surface area contributed by atoms with Crippen LogP contribution < -0.4 is 11.1 Å². The SMILES string of the molecule is CNc1cc(C)c(C(N)=S)cn1. The third kappa shape index (κ3) is 1.71. The summed E-state index contributed by atoms with van der Waals surface area (Å²) in [6, 6.07) is 1.91. The van der Waals surface area contributed by atoms with Crippen molar-refractivity contribution in [2.45, 2.75) is 6.92 Å². The Morgan fingerprint density at radius 1 is 1.67 bits per heavy atom. The van der Waals surface area contributed by atoms with Gasteiger partial charge in [0, 0.05) is 18.8 Å². The average Bonchev–Trinajstić information content (AvgIpc) is 2.03. The minimum Gasteiger partial charge on any atom is -0.389 e. The van der Waals surface area contributed by atoms with Crippen LogP contribution in [0.5, 0.6) is 0 Å². The smallest absolute Gasteiger partial charge is 0.125 e. The van der Waals surface area contributed by atoms with Crippen LogP contribution in [0.1, 0.15) is 11.1 Å². The number of aromatic nitrogens is 1. The maximum absolute atomic E-state index is 5.48. The van der Waals surface area contributed by atoms with Crippen molar-refractivity contribution in [1.82, 2.24) is 4.98 Å². The first-order chi connectivity index (χ1) is 5.65. The third-order valence-corrected chi connectivity index (χ3v) is 1.85. The number of nitrogens with two attached hydrogens (primary N) is 1. The summed E-state index contributed by atoms with van der Waals surface area (Å²) in [5.41, 5.74) is 7.36. The molecule has 0 saturated heterocycles. The van der Waals surface area contributed by atoms with E-state index in [1.54, 1.807) is 6.20 Å². The van der Waals surface area contributed by atoms with E-state index < -0.39 is 0 Å². The molecule has 0 radical (unpaired) electrons. The van der Waals surface area contributed by atoms with E-state index in [9.17, 15) is 0 Å². The Morgan fingerprint density at radius 3 is 2.75 bits per heavy atom. The number of hydrogen-bond acceptors (Lipinski definition) is 3. The molecule has 0 aliphatic rings. The van der Waals surface area contributed by atoms with Gasteiger partial charge in [-0.25, -0.2) is 4.98 Å². The molecule has 1 aromatic heterocycles. The van der Waals surface area contributed by atoms with Gasteiger partial charge in [-0.15, -0.1) is 0 Å². The Kier molecular flexibility index (Phi) is 2.60. The highest BCUT2D eigenvalue weighted by atomic mass is 32.1. The fourth-order valence-electron chi connectivity index (χ4n) is 0.951. The van der Waals surface area contributed by atoms with Gasteiger partial charge in [0.05, 0.1) is 0 Å². The predicted octanol–water partition coefficient (Wildman–Crippen LogP) is 1.07. The van der Waals surface area contributed by atoms with Gasteiger partial charge in [-0.05, 0) is 18.6 Å². The molecule has 0 bridgehead atoms. The molecule has 3 N–H and O–H groups in total. The molecular weight excluding hydrogens is 170 g/mol. The highest BCUT2D eigenvalue weighted by molar-refractivity contribution is 7.80. The molecule has 12 heavy (non-hydrogen) atoms. The molecule has 0 aromatic carbocycles. The highest BCUT2D eigenvalue weighted by Crippen LogP contribution is 2.10. The fraction of sp³-hybridized carbons (Fsp3) is 0.250. The van der Waals surface area contributed by atoms with Crippen LogP contribution in [-0.4, -0.2) is 17.0 Å². The van der Waals surface area contributed by atoms with Gasteiger partial charge in [0.15, 0.2) is 0 Å².